The average molecular weight is 402 g/mol. The summed E-state index contributed by atoms with van der Waals surface area (Å²) in [5.41, 5.74) is 0.566. The van der Waals surface area contributed by atoms with Crippen molar-refractivity contribution in [3.63, 3.8) is 0 Å². The number of fused-ring (bicyclic) bond motifs is 1. The van der Waals surface area contributed by atoms with Crippen LogP contribution in [0.5, 0.6) is 0 Å². The third kappa shape index (κ3) is 4.97. The Hall–Kier alpha value is -2.82. The average Bonchev–Trinajstić information content (AvgIpc) is 3.41. The number of carbonyl (C=O) groups excluding carboxylic acids is 2. The Balaban J connectivity index is 1.42. The maximum atomic E-state index is 12.8. The van der Waals surface area contributed by atoms with Gasteiger partial charge in [0, 0.05) is 58.8 Å². The molecule has 0 bridgehead atoms. The number of tetrazole rings is 1. The Kier molecular flexibility index (Phi) is 6.13. The molecule has 0 saturated carbocycles. The molecule has 0 spiro atoms. The number of amides is 2. The van der Waals surface area contributed by atoms with E-state index in [4.69, 9.17) is 4.74 Å². The minimum atomic E-state index is -0.0438. The zero-order valence-corrected chi connectivity index (χ0v) is 16.4. The number of ether oxygens (including phenoxy) is 1. The lowest BCUT2D eigenvalue weighted by Crippen LogP contribution is -2.45. The van der Waals surface area contributed by atoms with Gasteiger partial charge in [0.15, 0.2) is 11.5 Å². The summed E-state index contributed by atoms with van der Waals surface area (Å²) in [5, 5.41) is 18.7. The van der Waals surface area contributed by atoms with Gasteiger partial charge in [0.1, 0.15) is 0 Å². The van der Waals surface area contributed by atoms with Gasteiger partial charge in [-0.15, -0.1) is 14.8 Å². The molecule has 4 rings (SSSR count). The molecule has 2 aliphatic heterocycles. The van der Waals surface area contributed by atoms with Crippen LogP contribution < -0.4 is 10.2 Å². The molecule has 2 amide bonds. The van der Waals surface area contributed by atoms with E-state index >= 15 is 0 Å². The van der Waals surface area contributed by atoms with Crippen LogP contribution in [0.3, 0.4) is 0 Å². The van der Waals surface area contributed by atoms with Crippen molar-refractivity contribution in [2.75, 3.05) is 50.8 Å². The highest BCUT2D eigenvalue weighted by molar-refractivity contribution is 5.79. The van der Waals surface area contributed by atoms with Gasteiger partial charge in [0.2, 0.25) is 11.8 Å². The van der Waals surface area contributed by atoms with E-state index < -0.39 is 0 Å². The monoisotopic (exact) mass is 402 g/mol. The molecule has 11 heteroatoms. The summed E-state index contributed by atoms with van der Waals surface area (Å²) in [6, 6.07) is 3.65. The predicted molar refractivity (Wildman–Crippen MR) is 103 cm³/mol. The largest absolute Gasteiger partial charge is 0.381 e. The highest BCUT2D eigenvalue weighted by Gasteiger charge is 2.22. The zero-order valence-electron chi connectivity index (χ0n) is 16.4. The lowest BCUT2D eigenvalue weighted by molar-refractivity contribution is -0.132. The summed E-state index contributed by atoms with van der Waals surface area (Å²) < 4.78 is 6.77. The minimum Gasteiger partial charge on any atom is -0.381 e. The van der Waals surface area contributed by atoms with Gasteiger partial charge in [-0.3, -0.25) is 9.59 Å². The second-order valence-electron chi connectivity index (χ2n) is 7.45. The number of nitrogens with zero attached hydrogens (tertiary/aromatic N) is 7. The number of nitrogens with one attached hydrogen (secondary N) is 1. The third-order valence-electron chi connectivity index (χ3n) is 5.48. The molecule has 11 nitrogen and oxygen atoms in total. The Labute approximate surface area is 168 Å². The highest BCUT2D eigenvalue weighted by atomic mass is 16.5. The van der Waals surface area contributed by atoms with Gasteiger partial charge in [-0.2, -0.15) is 0 Å². The summed E-state index contributed by atoms with van der Waals surface area (Å²) in [6.45, 7) is 4.24. The van der Waals surface area contributed by atoms with E-state index in [9.17, 15) is 9.59 Å². The van der Waals surface area contributed by atoms with E-state index in [2.05, 4.69) is 25.9 Å². The second kappa shape index (κ2) is 9.12. The lowest BCUT2D eigenvalue weighted by Gasteiger charge is -2.30. The Morgan fingerprint density at radius 1 is 1.24 bits per heavy atom. The van der Waals surface area contributed by atoms with Crippen molar-refractivity contribution >= 4 is 23.3 Å². The smallest absolute Gasteiger partial charge is 0.222 e. The molecular formula is C18H26N8O3. The number of rotatable bonds is 4. The molecule has 2 aromatic heterocycles. The van der Waals surface area contributed by atoms with E-state index in [1.807, 2.05) is 11.0 Å². The van der Waals surface area contributed by atoms with Crippen LogP contribution in [0.2, 0.25) is 0 Å². The fourth-order valence-corrected chi connectivity index (χ4v) is 3.70. The molecule has 29 heavy (non-hydrogen) atoms. The van der Waals surface area contributed by atoms with Gasteiger partial charge in [0.25, 0.3) is 0 Å². The van der Waals surface area contributed by atoms with Crippen LogP contribution in [-0.4, -0.2) is 87.9 Å². The fraction of sp³-hybridized carbons (Fsp3) is 0.667. The Morgan fingerprint density at radius 2 is 2.17 bits per heavy atom. The van der Waals surface area contributed by atoms with Gasteiger partial charge < -0.3 is 19.9 Å². The highest BCUT2D eigenvalue weighted by Crippen LogP contribution is 2.19. The number of hydrogen-bond donors (Lipinski definition) is 1. The summed E-state index contributed by atoms with van der Waals surface area (Å²) in [4.78, 5) is 28.7. The molecule has 2 fully saturated rings. The van der Waals surface area contributed by atoms with Crippen LogP contribution in [0.25, 0.3) is 5.65 Å². The van der Waals surface area contributed by atoms with Crippen LogP contribution in [0, 0.1) is 5.92 Å². The summed E-state index contributed by atoms with van der Waals surface area (Å²) in [5.74, 6) is 1.22. The first kappa shape index (κ1) is 19.5. The number of aromatic nitrogens is 5. The molecule has 0 aliphatic carbocycles. The Morgan fingerprint density at radius 3 is 3.03 bits per heavy atom. The first-order valence-electron chi connectivity index (χ1n) is 10.1. The van der Waals surface area contributed by atoms with Crippen LogP contribution in [0.4, 0.5) is 5.82 Å². The first-order chi connectivity index (χ1) is 14.2. The normalized spacial score (nSPS) is 21.4. The first-order valence-corrected chi connectivity index (χ1v) is 10.1. The molecule has 4 heterocycles. The predicted octanol–water partition coefficient (Wildman–Crippen LogP) is -0.509. The molecule has 0 aromatic carbocycles. The molecule has 156 valence electrons. The van der Waals surface area contributed by atoms with Crippen LogP contribution in [-0.2, 0) is 14.3 Å². The lowest BCUT2D eigenvalue weighted by atomic mass is 10.0. The van der Waals surface area contributed by atoms with Gasteiger partial charge >= 0.3 is 0 Å². The van der Waals surface area contributed by atoms with Crippen LogP contribution in [0.15, 0.2) is 12.1 Å². The number of anilines is 1. The molecule has 0 radical (unpaired) electrons. The van der Waals surface area contributed by atoms with E-state index in [-0.39, 0.29) is 11.8 Å². The molecule has 2 aliphatic rings. The van der Waals surface area contributed by atoms with Crippen molar-refractivity contribution in [1.29, 1.82) is 0 Å². The van der Waals surface area contributed by atoms with Crippen molar-refractivity contribution in [2.45, 2.75) is 25.7 Å². The third-order valence-corrected chi connectivity index (χ3v) is 5.48. The van der Waals surface area contributed by atoms with Crippen molar-refractivity contribution in [3.05, 3.63) is 12.1 Å². The molecule has 2 aromatic rings. The van der Waals surface area contributed by atoms with E-state index in [1.54, 1.807) is 11.0 Å². The van der Waals surface area contributed by atoms with Crippen molar-refractivity contribution < 1.29 is 14.3 Å². The Bertz CT molecular complexity index is 850. The summed E-state index contributed by atoms with van der Waals surface area (Å²) in [6.07, 6.45) is 2.68. The van der Waals surface area contributed by atoms with Gasteiger partial charge in [-0.1, -0.05) is 0 Å². The maximum Gasteiger partial charge on any atom is 0.222 e. The topological polar surface area (TPSA) is 118 Å². The van der Waals surface area contributed by atoms with Crippen molar-refractivity contribution in [2.24, 2.45) is 5.92 Å². The fourth-order valence-electron chi connectivity index (χ4n) is 3.70. The second-order valence-corrected chi connectivity index (χ2v) is 7.45. The number of hydrogen-bond acceptors (Lipinski definition) is 8. The SMILES string of the molecule is O=C1CCN(C(=O)CCC2CCOC2)CCN(c2ccc3nnnn3n2)CCN1. The molecule has 1 atom stereocenters. The minimum absolute atomic E-state index is 0.0438. The van der Waals surface area contributed by atoms with Gasteiger partial charge in [0.05, 0.1) is 0 Å². The zero-order chi connectivity index (χ0) is 20.1. The van der Waals surface area contributed by atoms with E-state index in [0.717, 1.165) is 26.1 Å². The standard InChI is InChI=1S/C18H26N8O3/c27-17-5-8-25(18(28)4-1-14-6-12-29-13-14)11-10-24(9-7-19-17)16-3-2-15-20-22-23-26(15)21-16/h2-3,14H,1,4-13H2,(H,19,27). The van der Waals surface area contributed by atoms with E-state index in [1.165, 1.54) is 4.63 Å². The van der Waals surface area contributed by atoms with Crippen LogP contribution >= 0.6 is 0 Å². The van der Waals surface area contributed by atoms with E-state index in [0.29, 0.717) is 62.9 Å². The maximum absolute atomic E-state index is 12.8. The molecule has 1 unspecified atom stereocenters. The summed E-state index contributed by atoms with van der Waals surface area (Å²) in [7, 11) is 0. The van der Waals surface area contributed by atoms with Crippen LogP contribution in [0.1, 0.15) is 25.7 Å². The van der Waals surface area contributed by atoms with Gasteiger partial charge in [-0.05, 0) is 41.3 Å². The number of carbonyl (C=O) groups is 2. The molecule has 2 saturated heterocycles. The van der Waals surface area contributed by atoms with Crippen molar-refractivity contribution in [3.8, 4) is 0 Å². The van der Waals surface area contributed by atoms with Crippen molar-refractivity contribution in [1.82, 2.24) is 35.5 Å². The van der Waals surface area contributed by atoms with Gasteiger partial charge in [-0.25, -0.2) is 0 Å². The summed E-state index contributed by atoms with van der Waals surface area (Å²) >= 11 is 0. The molecular weight excluding hydrogens is 376 g/mol. The quantitative estimate of drug-likeness (QED) is 0.727. The molecule has 1 N–H and O–H groups in total.